The van der Waals surface area contributed by atoms with Crippen LogP contribution in [0.3, 0.4) is 0 Å². The minimum atomic E-state index is -0.301. The lowest BCUT2D eigenvalue weighted by atomic mass is 10.0. The van der Waals surface area contributed by atoms with E-state index in [1.165, 1.54) is 24.2 Å². The topological polar surface area (TPSA) is 69.7 Å². The SMILES string of the molecule is Cc1cc(NC(=O)c2ccccc2Cl)sc1C(=O)N1CCN(C(=O)CC2CCCC2)CC1. The summed E-state index contributed by atoms with van der Waals surface area (Å²) >= 11 is 7.38. The summed E-state index contributed by atoms with van der Waals surface area (Å²) in [6.07, 6.45) is 5.45. The Labute approximate surface area is 197 Å². The van der Waals surface area contributed by atoms with E-state index in [0.29, 0.717) is 59.0 Å². The predicted molar refractivity (Wildman–Crippen MR) is 128 cm³/mol. The monoisotopic (exact) mass is 473 g/mol. The highest BCUT2D eigenvalue weighted by Crippen LogP contribution is 2.30. The maximum Gasteiger partial charge on any atom is 0.264 e. The molecule has 1 saturated heterocycles. The van der Waals surface area contributed by atoms with Crippen molar-refractivity contribution in [3.63, 3.8) is 0 Å². The molecule has 3 amide bonds. The number of hydrogen-bond acceptors (Lipinski definition) is 4. The third-order valence-corrected chi connectivity index (χ3v) is 7.79. The fraction of sp³-hybridized carbons (Fsp3) is 0.458. The lowest BCUT2D eigenvalue weighted by Gasteiger charge is -2.35. The lowest BCUT2D eigenvalue weighted by molar-refractivity contribution is -0.133. The fourth-order valence-electron chi connectivity index (χ4n) is 4.47. The van der Waals surface area contributed by atoms with Crippen molar-refractivity contribution in [1.29, 1.82) is 0 Å². The Bertz CT molecular complexity index is 1010. The van der Waals surface area contributed by atoms with Gasteiger partial charge in [-0.3, -0.25) is 14.4 Å². The zero-order valence-corrected chi connectivity index (χ0v) is 19.8. The number of carbonyl (C=O) groups is 3. The molecule has 1 saturated carbocycles. The molecule has 1 aromatic carbocycles. The van der Waals surface area contributed by atoms with Gasteiger partial charge in [0.1, 0.15) is 0 Å². The first-order valence-electron chi connectivity index (χ1n) is 11.2. The first-order chi connectivity index (χ1) is 15.4. The zero-order valence-electron chi connectivity index (χ0n) is 18.2. The molecular formula is C24H28ClN3O3S. The Kier molecular flexibility index (Phi) is 7.16. The summed E-state index contributed by atoms with van der Waals surface area (Å²) < 4.78 is 0. The van der Waals surface area contributed by atoms with Crippen LogP contribution in [0.2, 0.25) is 5.02 Å². The van der Waals surface area contributed by atoms with Crippen LogP contribution in [-0.2, 0) is 4.79 Å². The van der Waals surface area contributed by atoms with Gasteiger partial charge in [-0.15, -0.1) is 11.3 Å². The Balaban J connectivity index is 1.34. The maximum absolute atomic E-state index is 13.1. The molecule has 32 heavy (non-hydrogen) atoms. The fourth-order valence-corrected chi connectivity index (χ4v) is 5.73. The average Bonchev–Trinajstić information content (AvgIpc) is 3.43. The third-order valence-electron chi connectivity index (χ3n) is 6.32. The number of benzene rings is 1. The van der Waals surface area contributed by atoms with E-state index in [9.17, 15) is 14.4 Å². The third kappa shape index (κ3) is 5.15. The standard InChI is InChI=1S/C24H28ClN3O3S/c1-16-14-20(26-23(30)18-8-4-5-9-19(18)25)32-22(16)24(31)28-12-10-27(11-13-28)21(29)15-17-6-2-3-7-17/h4-5,8-9,14,17H,2-3,6-7,10-13,15H2,1H3,(H,26,30). The molecule has 8 heteroatoms. The minimum absolute atomic E-state index is 0.0476. The summed E-state index contributed by atoms with van der Waals surface area (Å²) in [4.78, 5) is 42.5. The molecule has 2 aromatic rings. The van der Waals surface area contributed by atoms with Gasteiger partial charge in [0.05, 0.1) is 20.5 Å². The van der Waals surface area contributed by atoms with Crippen molar-refractivity contribution in [2.45, 2.75) is 39.0 Å². The molecule has 4 rings (SSSR count). The number of amides is 3. The first-order valence-corrected chi connectivity index (χ1v) is 12.3. The van der Waals surface area contributed by atoms with E-state index in [2.05, 4.69) is 5.32 Å². The van der Waals surface area contributed by atoms with E-state index >= 15 is 0 Å². The number of halogens is 1. The average molecular weight is 474 g/mol. The van der Waals surface area contributed by atoms with Crippen LogP contribution < -0.4 is 5.32 Å². The smallest absolute Gasteiger partial charge is 0.264 e. The van der Waals surface area contributed by atoms with Gasteiger partial charge in [0.2, 0.25) is 5.91 Å². The molecule has 2 aliphatic rings. The zero-order chi connectivity index (χ0) is 22.7. The van der Waals surface area contributed by atoms with Gasteiger partial charge in [-0.1, -0.05) is 36.6 Å². The van der Waals surface area contributed by atoms with Crippen LogP contribution in [0.4, 0.5) is 5.00 Å². The van der Waals surface area contributed by atoms with E-state index in [1.54, 1.807) is 29.2 Å². The molecule has 0 radical (unpaired) electrons. The number of anilines is 1. The van der Waals surface area contributed by atoms with Crippen LogP contribution in [0.15, 0.2) is 30.3 Å². The van der Waals surface area contributed by atoms with Crippen LogP contribution in [-0.4, -0.2) is 53.7 Å². The summed E-state index contributed by atoms with van der Waals surface area (Å²) in [5, 5.41) is 3.84. The highest BCUT2D eigenvalue weighted by Gasteiger charge is 2.28. The molecule has 1 aliphatic heterocycles. The number of aryl methyl sites for hydroxylation is 1. The number of thiophene rings is 1. The van der Waals surface area contributed by atoms with Gasteiger partial charge < -0.3 is 15.1 Å². The molecule has 1 aliphatic carbocycles. The lowest BCUT2D eigenvalue weighted by Crippen LogP contribution is -2.50. The largest absolute Gasteiger partial charge is 0.339 e. The number of nitrogens with zero attached hydrogens (tertiary/aromatic N) is 2. The second-order valence-electron chi connectivity index (χ2n) is 8.58. The summed E-state index contributed by atoms with van der Waals surface area (Å²) in [6.45, 7) is 4.10. The second-order valence-corrected chi connectivity index (χ2v) is 10.0. The molecule has 2 fully saturated rings. The normalized spacial score (nSPS) is 16.9. The van der Waals surface area contributed by atoms with Gasteiger partial charge in [-0.05, 0) is 49.4 Å². The molecule has 1 aromatic heterocycles. The molecule has 0 spiro atoms. The van der Waals surface area contributed by atoms with Crippen molar-refractivity contribution in [3.05, 3.63) is 51.4 Å². The Morgan fingerprint density at radius 1 is 1.06 bits per heavy atom. The minimum Gasteiger partial charge on any atom is -0.339 e. The first kappa shape index (κ1) is 22.8. The number of carbonyl (C=O) groups excluding carboxylic acids is 3. The van der Waals surface area contributed by atoms with E-state index in [4.69, 9.17) is 11.6 Å². The number of rotatable bonds is 5. The van der Waals surface area contributed by atoms with Gasteiger partial charge in [-0.2, -0.15) is 0 Å². The predicted octanol–water partition coefficient (Wildman–Crippen LogP) is 4.83. The highest BCUT2D eigenvalue weighted by molar-refractivity contribution is 7.18. The molecular weight excluding hydrogens is 446 g/mol. The Morgan fingerprint density at radius 2 is 1.72 bits per heavy atom. The van der Waals surface area contributed by atoms with Gasteiger partial charge in [0.15, 0.2) is 0 Å². The number of nitrogens with one attached hydrogen (secondary N) is 1. The molecule has 0 unspecified atom stereocenters. The van der Waals surface area contributed by atoms with Crippen molar-refractivity contribution in [2.75, 3.05) is 31.5 Å². The summed E-state index contributed by atoms with van der Waals surface area (Å²) in [5.74, 6) is 0.412. The van der Waals surface area contributed by atoms with Crippen LogP contribution >= 0.6 is 22.9 Å². The van der Waals surface area contributed by atoms with Crippen LogP contribution in [0.25, 0.3) is 0 Å². The molecule has 2 heterocycles. The van der Waals surface area contributed by atoms with Crippen molar-refractivity contribution < 1.29 is 14.4 Å². The second kappa shape index (κ2) is 10.0. The molecule has 0 atom stereocenters. The van der Waals surface area contributed by atoms with Crippen molar-refractivity contribution in [1.82, 2.24) is 9.80 Å². The van der Waals surface area contributed by atoms with Crippen molar-refractivity contribution in [3.8, 4) is 0 Å². The van der Waals surface area contributed by atoms with Gasteiger partial charge in [0.25, 0.3) is 11.8 Å². The Hall–Kier alpha value is -2.38. The van der Waals surface area contributed by atoms with Crippen molar-refractivity contribution in [2.24, 2.45) is 5.92 Å². The van der Waals surface area contributed by atoms with Crippen molar-refractivity contribution >= 4 is 45.7 Å². The van der Waals surface area contributed by atoms with E-state index in [0.717, 1.165) is 18.4 Å². The van der Waals surface area contributed by atoms with Gasteiger partial charge in [-0.25, -0.2) is 0 Å². The van der Waals surface area contributed by atoms with Crippen LogP contribution in [0.5, 0.6) is 0 Å². The molecule has 0 bridgehead atoms. The summed E-state index contributed by atoms with van der Waals surface area (Å²) in [5.41, 5.74) is 1.22. The maximum atomic E-state index is 13.1. The summed E-state index contributed by atoms with van der Waals surface area (Å²) in [6, 6.07) is 8.68. The van der Waals surface area contributed by atoms with E-state index < -0.39 is 0 Å². The van der Waals surface area contributed by atoms with E-state index in [1.807, 2.05) is 17.9 Å². The molecule has 1 N–H and O–H groups in total. The van der Waals surface area contributed by atoms with E-state index in [-0.39, 0.29) is 17.7 Å². The molecule has 6 nitrogen and oxygen atoms in total. The van der Waals surface area contributed by atoms with Gasteiger partial charge >= 0.3 is 0 Å². The highest BCUT2D eigenvalue weighted by atomic mass is 35.5. The van der Waals surface area contributed by atoms with Gasteiger partial charge in [0, 0.05) is 32.6 Å². The van der Waals surface area contributed by atoms with Crippen LogP contribution in [0.1, 0.15) is 57.7 Å². The number of hydrogen-bond donors (Lipinski definition) is 1. The number of piperazine rings is 1. The Morgan fingerprint density at radius 3 is 2.41 bits per heavy atom. The molecule has 170 valence electrons. The summed E-state index contributed by atoms with van der Waals surface area (Å²) in [7, 11) is 0. The van der Waals surface area contributed by atoms with Crippen LogP contribution in [0, 0.1) is 12.8 Å². The quantitative estimate of drug-likeness (QED) is 0.676.